The highest BCUT2D eigenvalue weighted by Gasteiger charge is 2.11. The fourth-order valence-corrected chi connectivity index (χ4v) is 3.82. The summed E-state index contributed by atoms with van der Waals surface area (Å²) >= 11 is 0. The molecule has 0 amide bonds. The maximum absolute atomic E-state index is 5.28. The number of para-hydroxylation sites is 1. The molecule has 0 aliphatic heterocycles. The lowest BCUT2D eigenvalue weighted by atomic mass is 10.1. The fraction of sp³-hybridized carbons (Fsp3) is 0.0833. The van der Waals surface area contributed by atoms with Crippen LogP contribution in [0.15, 0.2) is 72.8 Å². The molecule has 5 aromatic rings. The monoisotopic (exact) mass is 337 g/mol. The van der Waals surface area contributed by atoms with Crippen molar-refractivity contribution in [3.63, 3.8) is 0 Å². The Labute approximate surface area is 151 Å². The predicted molar refractivity (Wildman–Crippen MR) is 109 cm³/mol. The lowest BCUT2D eigenvalue weighted by Gasteiger charge is -1.99. The standard InChI is InChI=1S/C24H19NO/c1-16-7-10-18-15-24-21(14-17-8-11-19(26-2)12-9-17)20-5-3-4-6-22(20)25(24)23(18)13-16/h3-15H,1-2H3/b21-14-. The number of aromatic nitrogens is 1. The molecule has 0 aliphatic carbocycles. The molecule has 0 atom stereocenters. The molecule has 0 unspecified atom stereocenters. The number of methoxy groups -OCH3 is 1. The highest BCUT2D eigenvalue weighted by Crippen LogP contribution is 2.26. The molecule has 126 valence electrons. The number of ether oxygens (including phenoxy) is 1. The number of aryl methyl sites for hydroxylation is 1. The van der Waals surface area contributed by atoms with Crippen molar-refractivity contribution < 1.29 is 4.74 Å². The second-order valence-electron chi connectivity index (χ2n) is 6.78. The summed E-state index contributed by atoms with van der Waals surface area (Å²) in [4.78, 5) is 0. The Morgan fingerprint density at radius 2 is 1.62 bits per heavy atom. The van der Waals surface area contributed by atoms with E-state index in [0.29, 0.717) is 0 Å². The van der Waals surface area contributed by atoms with Crippen LogP contribution < -0.4 is 9.96 Å². The molecule has 0 bridgehead atoms. The average Bonchev–Trinajstić information content (AvgIpc) is 3.18. The lowest BCUT2D eigenvalue weighted by Crippen LogP contribution is -1.98. The van der Waals surface area contributed by atoms with Crippen molar-refractivity contribution in [2.75, 3.05) is 7.11 Å². The molecule has 0 radical (unpaired) electrons. The van der Waals surface area contributed by atoms with Gasteiger partial charge in [0.2, 0.25) is 0 Å². The lowest BCUT2D eigenvalue weighted by molar-refractivity contribution is 0.415. The van der Waals surface area contributed by atoms with Gasteiger partial charge in [0.1, 0.15) is 5.75 Å². The Hall–Kier alpha value is -3.26. The van der Waals surface area contributed by atoms with Crippen molar-refractivity contribution in [1.82, 2.24) is 4.40 Å². The minimum atomic E-state index is 0.878. The van der Waals surface area contributed by atoms with Gasteiger partial charge in [-0.05, 0) is 54.5 Å². The van der Waals surface area contributed by atoms with E-state index >= 15 is 0 Å². The highest BCUT2D eigenvalue weighted by molar-refractivity contribution is 5.99. The van der Waals surface area contributed by atoms with Crippen LogP contribution in [0.2, 0.25) is 0 Å². The van der Waals surface area contributed by atoms with E-state index in [4.69, 9.17) is 4.74 Å². The van der Waals surface area contributed by atoms with Gasteiger partial charge in [0.05, 0.1) is 23.7 Å². The zero-order chi connectivity index (χ0) is 17.7. The molecule has 0 N–H and O–H groups in total. The smallest absolute Gasteiger partial charge is 0.118 e. The molecule has 5 rings (SSSR count). The van der Waals surface area contributed by atoms with Crippen LogP contribution in [0.4, 0.5) is 0 Å². The quantitative estimate of drug-likeness (QED) is 0.436. The second kappa shape index (κ2) is 5.63. The van der Waals surface area contributed by atoms with E-state index in [9.17, 15) is 0 Å². The summed E-state index contributed by atoms with van der Waals surface area (Å²) in [6.45, 7) is 2.15. The Balaban J connectivity index is 1.90. The van der Waals surface area contributed by atoms with Gasteiger partial charge < -0.3 is 9.14 Å². The van der Waals surface area contributed by atoms with Gasteiger partial charge in [-0.25, -0.2) is 0 Å². The van der Waals surface area contributed by atoms with Crippen molar-refractivity contribution >= 4 is 33.4 Å². The minimum absolute atomic E-state index is 0.878. The van der Waals surface area contributed by atoms with Gasteiger partial charge in [-0.15, -0.1) is 0 Å². The molecule has 0 saturated heterocycles. The Morgan fingerprint density at radius 1 is 0.808 bits per heavy atom. The molecule has 2 aromatic heterocycles. The summed E-state index contributed by atoms with van der Waals surface area (Å²) in [5, 5.41) is 3.82. The second-order valence-corrected chi connectivity index (χ2v) is 6.78. The van der Waals surface area contributed by atoms with Gasteiger partial charge in [-0.2, -0.15) is 0 Å². The molecule has 0 spiro atoms. The van der Waals surface area contributed by atoms with Gasteiger partial charge in [-0.1, -0.05) is 42.5 Å². The van der Waals surface area contributed by atoms with E-state index in [1.54, 1.807) is 7.11 Å². The van der Waals surface area contributed by atoms with Crippen molar-refractivity contribution in [2.24, 2.45) is 0 Å². The number of fused-ring (bicyclic) bond motifs is 5. The zero-order valence-corrected chi connectivity index (χ0v) is 14.9. The predicted octanol–water partition coefficient (Wildman–Crippen LogP) is 5.11. The molecule has 2 heteroatoms. The molecular formula is C24H19NO. The number of nitrogens with zero attached hydrogens (tertiary/aromatic N) is 1. The van der Waals surface area contributed by atoms with Crippen molar-refractivity contribution in [2.45, 2.75) is 6.92 Å². The third-order valence-corrected chi connectivity index (χ3v) is 5.10. The van der Waals surface area contributed by atoms with Crippen LogP contribution in [0, 0.1) is 6.92 Å². The number of hydrogen-bond donors (Lipinski definition) is 0. The summed E-state index contributed by atoms with van der Waals surface area (Å²) in [6.07, 6.45) is 2.27. The maximum atomic E-state index is 5.28. The van der Waals surface area contributed by atoms with Crippen molar-refractivity contribution in [3.8, 4) is 5.75 Å². The molecular weight excluding hydrogens is 318 g/mol. The SMILES string of the molecule is COc1ccc(/C=c2/c3ccccc3n3c2cc2ccc(C)cc23)cc1. The summed E-state index contributed by atoms with van der Waals surface area (Å²) < 4.78 is 7.66. The summed E-state index contributed by atoms with van der Waals surface area (Å²) in [5.41, 5.74) is 6.23. The van der Waals surface area contributed by atoms with Crippen LogP contribution in [0.1, 0.15) is 11.1 Å². The van der Waals surface area contributed by atoms with E-state index < -0.39 is 0 Å². The van der Waals surface area contributed by atoms with E-state index in [2.05, 4.69) is 78.1 Å². The summed E-state index contributed by atoms with van der Waals surface area (Å²) in [5.74, 6) is 0.878. The topological polar surface area (TPSA) is 13.6 Å². The van der Waals surface area contributed by atoms with Crippen molar-refractivity contribution in [1.29, 1.82) is 0 Å². The first-order chi connectivity index (χ1) is 12.7. The van der Waals surface area contributed by atoms with Crippen LogP contribution in [-0.2, 0) is 0 Å². The summed E-state index contributed by atoms with van der Waals surface area (Å²) in [7, 11) is 1.70. The van der Waals surface area contributed by atoms with Crippen LogP contribution in [0.25, 0.3) is 33.4 Å². The first-order valence-corrected chi connectivity index (χ1v) is 8.82. The van der Waals surface area contributed by atoms with E-state index in [1.807, 2.05) is 12.1 Å². The van der Waals surface area contributed by atoms with Gasteiger partial charge in [0, 0.05) is 16.0 Å². The molecule has 3 aromatic carbocycles. The zero-order valence-electron chi connectivity index (χ0n) is 14.9. The van der Waals surface area contributed by atoms with Crippen LogP contribution in [0.3, 0.4) is 0 Å². The summed E-state index contributed by atoms with van der Waals surface area (Å²) in [6, 6.07) is 25.8. The van der Waals surface area contributed by atoms with Crippen LogP contribution in [-0.4, -0.2) is 11.5 Å². The fourth-order valence-electron chi connectivity index (χ4n) is 3.82. The van der Waals surface area contributed by atoms with E-state index in [-0.39, 0.29) is 0 Å². The largest absolute Gasteiger partial charge is 0.497 e. The molecule has 0 aliphatic rings. The minimum Gasteiger partial charge on any atom is -0.497 e. The third-order valence-electron chi connectivity index (χ3n) is 5.10. The first kappa shape index (κ1) is 15.0. The van der Waals surface area contributed by atoms with E-state index in [0.717, 1.165) is 5.75 Å². The molecule has 0 saturated carbocycles. The third kappa shape index (κ3) is 2.19. The first-order valence-electron chi connectivity index (χ1n) is 8.82. The Kier molecular flexibility index (Phi) is 3.26. The van der Waals surface area contributed by atoms with Crippen molar-refractivity contribution in [3.05, 3.63) is 89.1 Å². The van der Waals surface area contributed by atoms with Crippen LogP contribution in [0.5, 0.6) is 5.75 Å². The number of hydrogen-bond acceptors (Lipinski definition) is 1. The normalized spacial score (nSPS) is 12.5. The molecule has 0 fully saturated rings. The maximum Gasteiger partial charge on any atom is 0.118 e. The van der Waals surface area contributed by atoms with E-state index in [1.165, 1.54) is 43.7 Å². The Bertz CT molecular complexity index is 1310. The Morgan fingerprint density at radius 3 is 2.42 bits per heavy atom. The van der Waals surface area contributed by atoms with Gasteiger partial charge in [0.25, 0.3) is 0 Å². The molecule has 2 heterocycles. The van der Waals surface area contributed by atoms with Gasteiger partial charge >= 0.3 is 0 Å². The number of rotatable bonds is 2. The molecule has 26 heavy (non-hydrogen) atoms. The van der Waals surface area contributed by atoms with Gasteiger partial charge in [-0.3, -0.25) is 0 Å². The highest BCUT2D eigenvalue weighted by atomic mass is 16.5. The number of benzene rings is 3. The average molecular weight is 337 g/mol. The van der Waals surface area contributed by atoms with Gasteiger partial charge in [0.15, 0.2) is 0 Å². The molecule has 2 nitrogen and oxygen atoms in total. The van der Waals surface area contributed by atoms with Crippen LogP contribution >= 0.6 is 0 Å².